The van der Waals surface area contributed by atoms with Gasteiger partial charge in [0.15, 0.2) is 0 Å². The lowest BCUT2D eigenvalue weighted by atomic mass is 10.4. The third-order valence-corrected chi connectivity index (χ3v) is 2.01. The van der Waals surface area contributed by atoms with Crippen LogP contribution in [0.3, 0.4) is 0 Å². The Bertz CT molecular complexity index is 206. The van der Waals surface area contributed by atoms with E-state index in [4.69, 9.17) is 5.11 Å². The summed E-state index contributed by atoms with van der Waals surface area (Å²) in [4.78, 5) is 24.9. The highest BCUT2D eigenvalue weighted by molar-refractivity contribution is 5.78. The molecule has 0 saturated carbocycles. The van der Waals surface area contributed by atoms with Crippen LogP contribution in [0.5, 0.6) is 0 Å². The highest BCUT2D eigenvalue weighted by Gasteiger charge is 2.10. The predicted octanol–water partition coefficient (Wildman–Crippen LogP) is -0.129. The largest absolute Gasteiger partial charge is 0.481 e. The van der Waals surface area contributed by atoms with Gasteiger partial charge >= 0.3 is 5.97 Å². The zero-order valence-electron chi connectivity index (χ0n) is 8.99. The van der Waals surface area contributed by atoms with Crippen LogP contribution in [-0.4, -0.2) is 60.5 Å². The van der Waals surface area contributed by atoms with Gasteiger partial charge in [0.2, 0.25) is 5.91 Å². The SMILES string of the molecule is CCN(C)C(=O)CN(C)CCC(=O)O. The summed E-state index contributed by atoms with van der Waals surface area (Å²) in [5.41, 5.74) is 0. The fourth-order valence-electron chi connectivity index (χ4n) is 0.894. The minimum Gasteiger partial charge on any atom is -0.481 e. The molecule has 1 N–H and O–H groups in total. The fraction of sp³-hybridized carbons (Fsp3) is 0.778. The number of carboxylic acids is 1. The number of likely N-dealkylation sites (N-methyl/N-ethyl adjacent to an activating group) is 2. The normalized spacial score (nSPS) is 10.3. The van der Waals surface area contributed by atoms with Crippen molar-refractivity contribution in [3.05, 3.63) is 0 Å². The summed E-state index contributed by atoms with van der Waals surface area (Å²) in [6.07, 6.45) is 0.0691. The highest BCUT2D eigenvalue weighted by atomic mass is 16.4. The van der Waals surface area contributed by atoms with Gasteiger partial charge in [-0.2, -0.15) is 0 Å². The Hall–Kier alpha value is -1.10. The van der Waals surface area contributed by atoms with Crippen LogP contribution in [0, 0.1) is 0 Å². The minimum absolute atomic E-state index is 0.0142. The molecule has 0 aliphatic carbocycles. The van der Waals surface area contributed by atoms with Crippen molar-refractivity contribution in [1.82, 2.24) is 9.80 Å². The quantitative estimate of drug-likeness (QED) is 0.652. The van der Waals surface area contributed by atoms with Crippen LogP contribution < -0.4 is 0 Å². The molecule has 0 aliphatic heterocycles. The van der Waals surface area contributed by atoms with E-state index in [2.05, 4.69) is 0 Å². The first-order chi connectivity index (χ1) is 6.47. The molecule has 0 rings (SSSR count). The first kappa shape index (κ1) is 12.9. The minimum atomic E-state index is -0.840. The number of carboxylic acid groups (broad SMARTS) is 1. The Morgan fingerprint density at radius 3 is 2.29 bits per heavy atom. The summed E-state index contributed by atoms with van der Waals surface area (Å²) >= 11 is 0. The van der Waals surface area contributed by atoms with E-state index in [1.807, 2.05) is 6.92 Å². The molecule has 0 bridgehead atoms. The van der Waals surface area contributed by atoms with Gasteiger partial charge in [-0.25, -0.2) is 0 Å². The second kappa shape index (κ2) is 6.37. The molecule has 0 radical (unpaired) electrons. The molecule has 0 unspecified atom stereocenters. The maximum Gasteiger partial charge on any atom is 0.304 e. The molecule has 0 spiro atoms. The summed E-state index contributed by atoms with van der Waals surface area (Å²) in [7, 11) is 3.47. The lowest BCUT2D eigenvalue weighted by Gasteiger charge is -2.19. The summed E-state index contributed by atoms with van der Waals surface area (Å²) in [5, 5.41) is 8.43. The van der Waals surface area contributed by atoms with E-state index in [1.165, 1.54) is 0 Å². The molecule has 0 fully saturated rings. The van der Waals surface area contributed by atoms with Crippen molar-refractivity contribution >= 4 is 11.9 Å². The van der Waals surface area contributed by atoms with Gasteiger partial charge in [0.1, 0.15) is 0 Å². The molecule has 0 saturated heterocycles. The molecule has 0 aliphatic rings. The Kier molecular flexibility index (Phi) is 5.87. The number of aliphatic carboxylic acids is 1. The van der Waals surface area contributed by atoms with E-state index >= 15 is 0 Å². The highest BCUT2D eigenvalue weighted by Crippen LogP contribution is 1.91. The van der Waals surface area contributed by atoms with Crippen LogP contribution in [0.2, 0.25) is 0 Å². The molecule has 5 heteroatoms. The van der Waals surface area contributed by atoms with Crippen molar-refractivity contribution in [2.45, 2.75) is 13.3 Å². The zero-order valence-corrected chi connectivity index (χ0v) is 8.99. The third kappa shape index (κ3) is 5.53. The average molecular weight is 202 g/mol. The van der Waals surface area contributed by atoms with E-state index in [0.717, 1.165) is 0 Å². The van der Waals surface area contributed by atoms with Gasteiger partial charge in [0.05, 0.1) is 13.0 Å². The Morgan fingerprint density at radius 1 is 1.29 bits per heavy atom. The average Bonchev–Trinajstić information content (AvgIpc) is 2.13. The number of rotatable bonds is 6. The topological polar surface area (TPSA) is 60.9 Å². The molecular weight excluding hydrogens is 184 g/mol. The monoisotopic (exact) mass is 202 g/mol. The van der Waals surface area contributed by atoms with Crippen LogP contribution in [0.25, 0.3) is 0 Å². The number of carbonyl (C=O) groups excluding carboxylic acids is 1. The van der Waals surface area contributed by atoms with Crippen LogP contribution >= 0.6 is 0 Å². The molecule has 0 atom stereocenters. The van der Waals surface area contributed by atoms with Gasteiger partial charge in [-0.3, -0.25) is 14.5 Å². The number of nitrogens with zero attached hydrogens (tertiary/aromatic N) is 2. The Labute approximate surface area is 84.3 Å². The van der Waals surface area contributed by atoms with Crippen molar-refractivity contribution in [2.24, 2.45) is 0 Å². The number of hydrogen-bond donors (Lipinski definition) is 1. The first-order valence-corrected chi connectivity index (χ1v) is 4.61. The van der Waals surface area contributed by atoms with Crippen LogP contribution in [0.15, 0.2) is 0 Å². The predicted molar refractivity (Wildman–Crippen MR) is 53.1 cm³/mol. The fourth-order valence-corrected chi connectivity index (χ4v) is 0.894. The zero-order chi connectivity index (χ0) is 11.1. The maximum atomic E-state index is 11.4. The summed E-state index contributed by atoms with van der Waals surface area (Å²) in [6.45, 7) is 3.25. The van der Waals surface area contributed by atoms with Gasteiger partial charge in [-0.15, -0.1) is 0 Å². The van der Waals surface area contributed by atoms with Crippen molar-refractivity contribution in [1.29, 1.82) is 0 Å². The molecule has 1 amide bonds. The molecule has 82 valence electrons. The van der Waals surface area contributed by atoms with Crippen molar-refractivity contribution in [2.75, 3.05) is 33.7 Å². The smallest absolute Gasteiger partial charge is 0.304 e. The van der Waals surface area contributed by atoms with Crippen LogP contribution in [0.4, 0.5) is 0 Å². The summed E-state index contributed by atoms with van der Waals surface area (Å²) in [6, 6.07) is 0. The molecular formula is C9H18N2O3. The Morgan fingerprint density at radius 2 is 1.86 bits per heavy atom. The Balaban J connectivity index is 3.76. The van der Waals surface area contributed by atoms with Gasteiger partial charge in [-0.05, 0) is 14.0 Å². The summed E-state index contributed by atoms with van der Waals surface area (Å²) < 4.78 is 0. The molecule has 0 aromatic rings. The standard InChI is InChI=1S/C9H18N2O3/c1-4-11(3)8(12)7-10(2)6-5-9(13)14/h4-7H2,1-3H3,(H,13,14). The molecule has 0 heterocycles. The number of amides is 1. The number of hydrogen-bond acceptors (Lipinski definition) is 3. The third-order valence-electron chi connectivity index (χ3n) is 2.01. The van der Waals surface area contributed by atoms with Crippen LogP contribution in [0.1, 0.15) is 13.3 Å². The van der Waals surface area contributed by atoms with E-state index in [-0.39, 0.29) is 18.9 Å². The van der Waals surface area contributed by atoms with E-state index in [1.54, 1.807) is 23.9 Å². The van der Waals surface area contributed by atoms with Gasteiger partial charge in [-0.1, -0.05) is 0 Å². The van der Waals surface area contributed by atoms with E-state index in [9.17, 15) is 9.59 Å². The first-order valence-electron chi connectivity index (χ1n) is 4.61. The molecule has 0 aromatic carbocycles. The van der Waals surface area contributed by atoms with E-state index < -0.39 is 5.97 Å². The van der Waals surface area contributed by atoms with Crippen molar-refractivity contribution in [3.63, 3.8) is 0 Å². The van der Waals surface area contributed by atoms with Crippen LogP contribution in [-0.2, 0) is 9.59 Å². The van der Waals surface area contributed by atoms with E-state index in [0.29, 0.717) is 13.1 Å². The van der Waals surface area contributed by atoms with Crippen molar-refractivity contribution < 1.29 is 14.7 Å². The van der Waals surface area contributed by atoms with Crippen molar-refractivity contribution in [3.8, 4) is 0 Å². The summed E-state index contributed by atoms with van der Waals surface area (Å²) in [5.74, 6) is -0.825. The van der Waals surface area contributed by atoms with Gasteiger partial charge in [0.25, 0.3) is 0 Å². The number of carbonyl (C=O) groups is 2. The molecule has 0 aromatic heterocycles. The van der Waals surface area contributed by atoms with Gasteiger partial charge < -0.3 is 10.0 Å². The second-order valence-electron chi connectivity index (χ2n) is 3.29. The maximum absolute atomic E-state index is 11.4. The molecule has 5 nitrogen and oxygen atoms in total. The lowest BCUT2D eigenvalue weighted by Crippen LogP contribution is -2.37. The second-order valence-corrected chi connectivity index (χ2v) is 3.29. The molecule has 14 heavy (non-hydrogen) atoms. The van der Waals surface area contributed by atoms with Gasteiger partial charge in [0, 0.05) is 20.1 Å². The lowest BCUT2D eigenvalue weighted by molar-refractivity contribution is -0.138.